The van der Waals surface area contributed by atoms with Crippen molar-refractivity contribution in [2.24, 2.45) is 5.92 Å². The minimum Gasteiger partial charge on any atom is -0.318 e. The lowest BCUT2D eigenvalue weighted by atomic mass is 10.1. The van der Waals surface area contributed by atoms with Crippen molar-refractivity contribution in [3.63, 3.8) is 0 Å². The monoisotopic (exact) mass is 275 g/mol. The van der Waals surface area contributed by atoms with Crippen LogP contribution < -0.4 is 10.0 Å². The highest BCUT2D eigenvalue weighted by Crippen LogP contribution is 2.31. The average Bonchev–Trinajstić information content (AvgIpc) is 3.14. The van der Waals surface area contributed by atoms with Gasteiger partial charge in [-0.1, -0.05) is 19.3 Å². The maximum Gasteiger partial charge on any atom is 0.279 e. The van der Waals surface area contributed by atoms with Crippen LogP contribution in [0.3, 0.4) is 0 Å². The quantitative estimate of drug-likeness (QED) is 0.719. The molecule has 1 saturated carbocycles. The van der Waals surface area contributed by atoms with E-state index in [4.69, 9.17) is 0 Å². The minimum atomic E-state index is -3.28. The third-order valence-corrected chi connectivity index (χ3v) is 5.52. The van der Waals surface area contributed by atoms with E-state index in [1.807, 2.05) is 7.05 Å². The van der Waals surface area contributed by atoms with Crippen molar-refractivity contribution in [3.8, 4) is 0 Å². The summed E-state index contributed by atoms with van der Waals surface area (Å²) in [5.41, 5.74) is 0. The summed E-state index contributed by atoms with van der Waals surface area (Å²) < 4.78 is 28.9. The van der Waals surface area contributed by atoms with Crippen LogP contribution in [0, 0.1) is 5.92 Å². The van der Waals surface area contributed by atoms with Gasteiger partial charge in [-0.25, -0.2) is 4.72 Å². The zero-order chi connectivity index (χ0) is 13.0. The molecule has 0 aromatic heterocycles. The van der Waals surface area contributed by atoms with E-state index in [-0.39, 0.29) is 6.04 Å². The number of nitrogens with zero attached hydrogens (tertiary/aromatic N) is 1. The van der Waals surface area contributed by atoms with Gasteiger partial charge >= 0.3 is 0 Å². The minimum absolute atomic E-state index is 0.113. The molecule has 1 aliphatic carbocycles. The molecule has 2 fully saturated rings. The molecule has 0 radical (unpaired) electrons. The first-order chi connectivity index (χ1) is 8.63. The molecular weight excluding hydrogens is 250 g/mol. The van der Waals surface area contributed by atoms with Gasteiger partial charge in [-0.3, -0.25) is 0 Å². The zero-order valence-corrected chi connectivity index (χ0v) is 12.0. The second-order valence-electron chi connectivity index (χ2n) is 5.45. The lowest BCUT2D eigenvalue weighted by Gasteiger charge is -2.34. The van der Waals surface area contributed by atoms with Gasteiger partial charge in [0.2, 0.25) is 0 Å². The Morgan fingerprint density at radius 1 is 1.22 bits per heavy atom. The molecule has 106 valence electrons. The molecule has 1 heterocycles. The number of hydrogen-bond acceptors (Lipinski definition) is 3. The van der Waals surface area contributed by atoms with Crippen molar-refractivity contribution in [1.29, 1.82) is 0 Å². The molecule has 18 heavy (non-hydrogen) atoms. The molecule has 6 heteroatoms. The van der Waals surface area contributed by atoms with Gasteiger partial charge in [-0.15, -0.1) is 0 Å². The molecule has 1 unspecified atom stereocenters. The Kier molecular flexibility index (Phi) is 5.00. The first kappa shape index (κ1) is 14.2. The summed E-state index contributed by atoms with van der Waals surface area (Å²) in [4.78, 5) is 0. The van der Waals surface area contributed by atoms with Crippen LogP contribution in [0.15, 0.2) is 0 Å². The lowest BCUT2D eigenvalue weighted by molar-refractivity contribution is 0.246. The predicted molar refractivity (Wildman–Crippen MR) is 72.5 cm³/mol. The molecule has 5 nitrogen and oxygen atoms in total. The fourth-order valence-corrected chi connectivity index (χ4v) is 4.10. The Labute approximate surface area is 110 Å². The molecule has 2 aliphatic rings. The Hall–Kier alpha value is -0.170. The molecule has 2 rings (SSSR count). The largest absolute Gasteiger partial charge is 0.318 e. The van der Waals surface area contributed by atoms with Crippen LogP contribution in [0.25, 0.3) is 0 Å². The summed E-state index contributed by atoms with van der Waals surface area (Å²) in [5.74, 6) is 0.766. The smallest absolute Gasteiger partial charge is 0.279 e. The third-order valence-electron chi connectivity index (χ3n) is 3.86. The number of likely N-dealkylation sites (N-methyl/N-ethyl adjacent to an activating group) is 1. The van der Waals surface area contributed by atoms with Gasteiger partial charge in [0.15, 0.2) is 0 Å². The number of rotatable bonds is 7. The fourth-order valence-electron chi connectivity index (χ4n) is 2.61. The third kappa shape index (κ3) is 3.91. The molecule has 1 atom stereocenters. The highest BCUT2D eigenvalue weighted by atomic mass is 32.2. The molecule has 0 bridgehead atoms. The molecule has 1 aliphatic heterocycles. The Balaban J connectivity index is 1.87. The molecule has 0 aromatic rings. The standard InChI is InChI=1S/C12H25N3O2S/c1-13-10-12-4-2-3-9-15(12)18(16,17)14-8-7-11-5-6-11/h11-14H,2-10H2,1H3. The summed E-state index contributed by atoms with van der Waals surface area (Å²) >= 11 is 0. The van der Waals surface area contributed by atoms with Crippen LogP contribution in [0.4, 0.5) is 0 Å². The lowest BCUT2D eigenvalue weighted by Crippen LogP contribution is -2.52. The summed E-state index contributed by atoms with van der Waals surface area (Å²) in [5, 5.41) is 3.09. The highest BCUT2D eigenvalue weighted by molar-refractivity contribution is 7.87. The van der Waals surface area contributed by atoms with Gasteiger partial charge in [0.1, 0.15) is 0 Å². The number of piperidine rings is 1. The molecule has 0 spiro atoms. The highest BCUT2D eigenvalue weighted by Gasteiger charge is 2.31. The van der Waals surface area contributed by atoms with Crippen molar-refractivity contribution >= 4 is 10.2 Å². The Morgan fingerprint density at radius 2 is 2.00 bits per heavy atom. The van der Waals surface area contributed by atoms with Gasteiger partial charge in [-0.2, -0.15) is 12.7 Å². The topological polar surface area (TPSA) is 61.4 Å². The van der Waals surface area contributed by atoms with Crippen LogP contribution in [-0.2, 0) is 10.2 Å². The van der Waals surface area contributed by atoms with Gasteiger partial charge in [-0.05, 0) is 32.2 Å². The SMILES string of the molecule is CNCC1CCCCN1S(=O)(=O)NCCC1CC1. The van der Waals surface area contributed by atoms with Gasteiger partial charge in [0.05, 0.1) is 0 Å². The van der Waals surface area contributed by atoms with E-state index >= 15 is 0 Å². The van der Waals surface area contributed by atoms with E-state index in [9.17, 15) is 8.42 Å². The van der Waals surface area contributed by atoms with Gasteiger partial charge < -0.3 is 5.32 Å². The van der Waals surface area contributed by atoms with Crippen LogP contribution >= 0.6 is 0 Å². The first-order valence-electron chi connectivity index (χ1n) is 7.04. The Bertz CT molecular complexity index is 352. The predicted octanol–water partition coefficient (Wildman–Crippen LogP) is 0.695. The fraction of sp³-hybridized carbons (Fsp3) is 1.00. The van der Waals surface area contributed by atoms with Crippen LogP contribution in [0.5, 0.6) is 0 Å². The molecule has 0 amide bonds. The van der Waals surface area contributed by atoms with E-state index in [0.717, 1.165) is 38.1 Å². The number of hydrogen-bond donors (Lipinski definition) is 2. The maximum absolute atomic E-state index is 12.3. The van der Waals surface area contributed by atoms with Crippen molar-refractivity contribution in [2.75, 3.05) is 26.7 Å². The summed E-state index contributed by atoms with van der Waals surface area (Å²) in [6.07, 6.45) is 6.60. The van der Waals surface area contributed by atoms with E-state index in [1.165, 1.54) is 12.8 Å². The number of nitrogens with one attached hydrogen (secondary N) is 2. The second kappa shape index (κ2) is 6.32. The van der Waals surface area contributed by atoms with Gasteiger partial charge in [0, 0.05) is 25.7 Å². The van der Waals surface area contributed by atoms with E-state index in [1.54, 1.807) is 4.31 Å². The van der Waals surface area contributed by atoms with E-state index in [2.05, 4.69) is 10.0 Å². The van der Waals surface area contributed by atoms with Crippen molar-refractivity contribution in [2.45, 2.75) is 44.6 Å². The molecule has 1 saturated heterocycles. The Morgan fingerprint density at radius 3 is 2.67 bits per heavy atom. The molecular formula is C12H25N3O2S. The second-order valence-corrected chi connectivity index (χ2v) is 7.16. The normalized spacial score (nSPS) is 26.4. The summed E-state index contributed by atoms with van der Waals surface area (Å²) in [6, 6.07) is 0.113. The van der Waals surface area contributed by atoms with E-state index in [0.29, 0.717) is 13.1 Å². The van der Waals surface area contributed by atoms with Crippen LogP contribution in [0.2, 0.25) is 0 Å². The van der Waals surface area contributed by atoms with Crippen LogP contribution in [0.1, 0.15) is 38.5 Å². The summed E-state index contributed by atoms with van der Waals surface area (Å²) in [7, 11) is -1.40. The summed E-state index contributed by atoms with van der Waals surface area (Å²) in [6.45, 7) is 1.99. The first-order valence-corrected chi connectivity index (χ1v) is 8.48. The molecule has 2 N–H and O–H groups in total. The van der Waals surface area contributed by atoms with Gasteiger partial charge in [0.25, 0.3) is 10.2 Å². The van der Waals surface area contributed by atoms with E-state index < -0.39 is 10.2 Å². The maximum atomic E-state index is 12.3. The van der Waals surface area contributed by atoms with Crippen molar-refractivity contribution < 1.29 is 8.42 Å². The zero-order valence-electron chi connectivity index (χ0n) is 11.2. The van der Waals surface area contributed by atoms with Crippen molar-refractivity contribution in [1.82, 2.24) is 14.3 Å². The van der Waals surface area contributed by atoms with Crippen LogP contribution in [-0.4, -0.2) is 45.4 Å². The van der Waals surface area contributed by atoms with Crippen molar-refractivity contribution in [3.05, 3.63) is 0 Å². The average molecular weight is 275 g/mol. The molecule has 0 aromatic carbocycles.